The van der Waals surface area contributed by atoms with Crippen molar-refractivity contribution in [3.63, 3.8) is 0 Å². The van der Waals surface area contributed by atoms with Crippen LogP contribution in [-0.2, 0) is 34.0 Å². The van der Waals surface area contributed by atoms with Gasteiger partial charge in [0.05, 0.1) is 24.2 Å². The van der Waals surface area contributed by atoms with E-state index in [-0.39, 0.29) is 30.0 Å². The molecule has 0 radical (unpaired) electrons. The molecule has 0 aromatic heterocycles. The van der Waals surface area contributed by atoms with Gasteiger partial charge in [-0.15, -0.1) is 11.8 Å². The minimum Gasteiger partial charge on any atom is -0.431 e. The highest BCUT2D eigenvalue weighted by Crippen LogP contribution is 2.52. The quantitative estimate of drug-likeness (QED) is 0.262. The Bertz CT molecular complexity index is 960. The molecule has 2 saturated heterocycles. The van der Waals surface area contributed by atoms with Crippen LogP contribution in [0.25, 0.3) is 0 Å². The third-order valence-electron chi connectivity index (χ3n) is 5.64. The highest BCUT2D eigenvalue weighted by Gasteiger charge is 2.60. The van der Waals surface area contributed by atoms with E-state index < -0.39 is 58.7 Å². The average Bonchev–Trinajstić information content (AvgIpc) is 2.83. The summed E-state index contributed by atoms with van der Waals surface area (Å²) in [5.41, 5.74) is 0.0149. The molecule has 186 valence electrons. The zero-order chi connectivity index (χ0) is 24.8. The van der Waals surface area contributed by atoms with Crippen LogP contribution in [0.1, 0.15) is 34.6 Å². The maximum Gasteiger partial charge on any atom is 0.511 e. The summed E-state index contributed by atoms with van der Waals surface area (Å²) in [7, 11) is -3.80. The largest absolute Gasteiger partial charge is 0.511 e. The zero-order valence-corrected chi connectivity index (χ0v) is 20.6. The van der Waals surface area contributed by atoms with Gasteiger partial charge in [0.15, 0.2) is 0 Å². The van der Waals surface area contributed by atoms with Crippen LogP contribution >= 0.6 is 11.8 Å². The normalized spacial score (nSPS) is 27.6. The van der Waals surface area contributed by atoms with Gasteiger partial charge < -0.3 is 24.2 Å². The summed E-state index contributed by atoms with van der Waals surface area (Å²) in [4.78, 5) is 39.3. The van der Waals surface area contributed by atoms with Crippen molar-refractivity contribution in [1.82, 2.24) is 9.21 Å². The van der Waals surface area contributed by atoms with Crippen LogP contribution in [0.15, 0.2) is 10.6 Å². The van der Waals surface area contributed by atoms with Crippen LogP contribution in [0, 0.1) is 11.8 Å². The number of nitrogens with two attached hydrogens (primary N) is 1. The van der Waals surface area contributed by atoms with E-state index in [4.69, 9.17) is 19.3 Å². The fourth-order valence-corrected chi connectivity index (χ4v) is 6.60. The molecule has 0 aromatic carbocycles. The Morgan fingerprint density at radius 3 is 2.27 bits per heavy atom. The molecule has 33 heavy (non-hydrogen) atoms. The van der Waals surface area contributed by atoms with Crippen molar-refractivity contribution >= 4 is 40.0 Å². The number of thioether (sulfide) groups is 1. The zero-order valence-electron chi connectivity index (χ0n) is 19.0. The molecule has 3 rings (SSSR count). The van der Waals surface area contributed by atoms with E-state index >= 15 is 0 Å². The molecule has 5 atom stereocenters. The second-order valence-electron chi connectivity index (χ2n) is 8.58. The summed E-state index contributed by atoms with van der Waals surface area (Å²) < 4.78 is 39.1. The predicted octanol–water partition coefficient (Wildman–Crippen LogP) is 0.127. The van der Waals surface area contributed by atoms with Crippen LogP contribution in [0.5, 0.6) is 0 Å². The number of fused-ring (bicyclic) bond motifs is 1. The Morgan fingerprint density at radius 1 is 1.15 bits per heavy atom. The first-order valence-corrected chi connectivity index (χ1v) is 12.9. The van der Waals surface area contributed by atoms with Crippen molar-refractivity contribution < 1.29 is 42.1 Å². The molecule has 1 amide bonds. The Kier molecular flexibility index (Phi) is 7.34. The van der Waals surface area contributed by atoms with Crippen molar-refractivity contribution in [2.24, 2.45) is 17.0 Å². The summed E-state index contributed by atoms with van der Waals surface area (Å²) in [5.74, 6) is -2.23. The van der Waals surface area contributed by atoms with Gasteiger partial charge in [-0.05, 0) is 20.8 Å². The Labute approximate surface area is 196 Å². The SMILES string of the molecule is CC(C)OC(=O)OC(C)OC(=O)C1=C(SC2CN(S(N)(=O)=O)C2)C(C)C2C(C(C)O)C(=O)N12. The number of nitrogens with zero attached hydrogens (tertiary/aromatic N) is 2. The van der Waals surface area contributed by atoms with Gasteiger partial charge in [0.2, 0.25) is 12.2 Å². The molecule has 5 unspecified atom stereocenters. The van der Waals surface area contributed by atoms with Crippen LogP contribution in [0.4, 0.5) is 4.79 Å². The molecule has 0 aromatic rings. The molecular formula is C19H29N3O9S2. The lowest BCUT2D eigenvalue weighted by atomic mass is 9.79. The number of aliphatic hydroxyl groups excluding tert-OH is 1. The summed E-state index contributed by atoms with van der Waals surface area (Å²) in [5, 5.41) is 15.0. The number of aliphatic hydroxyl groups is 1. The van der Waals surface area contributed by atoms with Gasteiger partial charge in [0, 0.05) is 36.1 Å². The first kappa shape index (κ1) is 25.7. The molecule has 0 saturated carbocycles. The fourth-order valence-electron chi connectivity index (χ4n) is 4.12. The standard InChI is InChI=1S/C19H29N3O9S2/c1-8(2)29-19(26)31-11(5)30-18(25)15-16(32-12-6-21(7-12)33(20,27)28)9(3)14-13(10(4)23)17(24)22(14)15/h8-14,23H,6-7H2,1-5H3,(H2,20,27,28). The summed E-state index contributed by atoms with van der Waals surface area (Å²) in [6.07, 6.45) is -3.60. The second-order valence-corrected chi connectivity index (χ2v) is 11.5. The summed E-state index contributed by atoms with van der Waals surface area (Å²) >= 11 is 1.28. The van der Waals surface area contributed by atoms with Crippen molar-refractivity contribution in [1.29, 1.82) is 0 Å². The van der Waals surface area contributed by atoms with Gasteiger partial charge in [-0.25, -0.2) is 14.7 Å². The lowest BCUT2D eigenvalue weighted by molar-refractivity contribution is -0.174. The Morgan fingerprint density at radius 2 is 1.76 bits per heavy atom. The van der Waals surface area contributed by atoms with Gasteiger partial charge in [-0.2, -0.15) is 12.7 Å². The molecule has 0 aliphatic carbocycles. The highest BCUT2D eigenvalue weighted by molar-refractivity contribution is 8.04. The number of ether oxygens (including phenoxy) is 3. The number of carbonyl (C=O) groups is 3. The summed E-state index contributed by atoms with van der Waals surface area (Å²) in [6.45, 7) is 8.30. The minimum atomic E-state index is -3.80. The summed E-state index contributed by atoms with van der Waals surface area (Å²) in [6, 6.07) is -0.431. The molecule has 14 heteroatoms. The number of amides is 1. The van der Waals surface area contributed by atoms with Crippen molar-refractivity contribution in [2.75, 3.05) is 13.1 Å². The van der Waals surface area contributed by atoms with Gasteiger partial charge in [0.25, 0.3) is 10.2 Å². The first-order chi connectivity index (χ1) is 15.2. The minimum absolute atomic E-state index is 0.0149. The number of rotatable bonds is 8. The van der Waals surface area contributed by atoms with Crippen LogP contribution in [-0.4, -0.2) is 83.6 Å². The van der Waals surface area contributed by atoms with Crippen LogP contribution in [0.2, 0.25) is 0 Å². The maximum absolute atomic E-state index is 13.0. The molecule has 2 fully saturated rings. The third kappa shape index (κ3) is 5.14. The van der Waals surface area contributed by atoms with E-state index in [9.17, 15) is 27.9 Å². The Balaban J connectivity index is 1.78. The Hall–Kier alpha value is -1.87. The average molecular weight is 508 g/mol. The number of β-lactam (4-membered cyclic amide) rings is 1. The maximum atomic E-state index is 13.0. The number of hydrogen-bond acceptors (Lipinski definition) is 10. The lowest BCUT2D eigenvalue weighted by Crippen LogP contribution is -2.63. The van der Waals surface area contributed by atoms with Crippen molar-refractivity contribution in [3.05, 3.63) is 10.6 Å². The lowest BCUT2D eigenvalue weighted by Gasteiger charge is -2.46. The molecule has 3 heterocycles. The molecule has 3 aliphatic rings. The molecule has 12 nitrogen and oxygen atoms in total. The molecular weight excluding hydrogens is 478 g/mol. The number of esters is 1. The fraction of sp³-hybridized carbons (Fsp3) is 0.737. The van der Waals surface area contributed by atoms with Gasteiger partial charge in [-0.1, -0.05) is 6.92 Å². The molecule has 3 N–H and O–H groups in total. The predicted molar refractivity (Wildman–Crippen MR) is 116 cm³/mol. The van der Waals surface area contributed by atoms with Gasteiger partial charge in [-0.3, -0.25) is 4.79 Å². The molecule has 0 bridgehead atoms. The molecule has 3 aliphatic heterocycles. The van der Waals surface area contributed by atoms with Crippen molar-refractivity contribution in [2.45, 2.75) is 64.4 Å². The van der Waals surface area contributed by atoms with E-state index in [1.165, 1.54) is 30.5 Å². The van der Waals surface area contributed by atoms with E-state index in [1.807, 2.05) is 6.92 Å². The van der Waals surface area contributed by atoms with Crippen molar-refractivity contribution in [3.8, 4) is 0 Å². The highest BCUT2D eigenvalue weighted by atomic mass is 32.2. The smallest absolute Gasteiger partial charge is 0.431 e. The first-order valence-electron chi connectivity index (χ1n) is 10.5. The van der Waals surface area contributed by atoms with E-state index in [0.29, 0.717) is 4.91 Å². The molecule has 0 spiro atoms. The van der Waals surface area contributed by atoms with Crippen LogP contribution in [0.3, 0.4) is 0 Å². The van der Waals surface area contributed by atoms with E-state index in [2.05, 4.69) is 0 Å². The van der Waals surface area contributed by atoms with Crippen LogP contribution < -0.4 is 5.14 Å². The van der Waals surface area contributed by atoms with Gasteiger partial charge >= 0.3 is 12.1 Å². The number of hydrogen-bond donors (Lipinski definition) is 2. The van der Waals surface area contributed by atoms with E-state index in [0.717, 1.165) is 4.31 Å². The van der Waals surface area contributed by atoms with Gasteiger partial charge in [0.1, 0.15) is 5.70 Å². The number of carbonyl (C=O) groups excluding carboxylic acids is 3. The monoisotopic (exact) mass is 507 g/mol. The van der Waals surface area contributed by atoms with E-state index in [1.54, 1.807) is 13.8 Å². The second kappa shape index (κ2) is 9.41. The third-order valence-corrected chi connectivity index (χ3v) is 8.11. The topological polar surface area (TPSA) is 166 Å².